The molecule has 0 N–H and O–H groups in total. The van der Waals surface area contributed by atoms with Gasteiger partial charge in [-0.15, -0.1) is 0 Å². The fraction of sp³-hybridized carbons (Fsp3) is 0.500. The van der Waals surface area contributed by atoms with Crippen LogP contribution in [0.25, 0.3) is 0 Å². The summed E-state index contributed by atoms with van der Waals surface area (Å²) >= 11 is 0. The van der Waals surface area contributed by atoms with E-state index < -0.39 is 0 Å². The van der Waals surface area contributed by atoms with Crippen LogP contribution in [0.4, 0.5) is 0 Å². The maximum Gasteiger partial charge on any atom is 0.248 e. The van der Waals surface area contributed by atoms with Crippen molar-refractivity contribution >= 4 is 5.91 Å². The van der Waals surface area contributed by atoms with Crippen LogP contribution in [-0.2, 0) is 22.5 Å². The van der Waals surface area contributed by atoms with E-state index in [0.717, 1.165) is 25.9 Å². The number of ether oxygens (including phenoxy) is 1. The maximum atomic E-state index is 11.9. The van der Waals surface area contributed by atoms with Gasteiger partial charge in [-0.25, -0.2) is 0 Å². The van der Waals surface area contributed by atoms with Gasteiger partial charge in [-0.2, -0.15) is 0 Å². The molecule has 92 valence electrons. The SMILES string of the molecule is CCCOCC(=O)N1CCc2ccccc2C1. The van der Waals surface area contributed by atoms with Gasteiger partial charge in [0.1, 0.15) is 6.61 Å². The van der Waals surface area contributed by atoms with Crippen molar-refractivity contribution in [1.29, 1.82) is 0 Å². The van der Waals surface area contributed by atoms with Gasteiger partial charge in [0.2, 0.25) is 5.91 Å². The van der Waals surface area contributed by atoms with Crippen LogP contribution in [0.15, 0.2) is 24.3 Å². The van der Waals surface area contributed by atoms with E-state index in [4.69, 9.17) is 4.74 Å². The molecule has 1 aromatic rings. The quantitative estimate of drug-likeness (QED) is 0.744. The van der Waals surface area contributed by atoms with E-state index in [0.29, 0.717) is 6.61 Å². The average Bonchev–Trinajstić information content (AvgIpc) is 2.38. The molecule has 1 amide bonds. The van der Waals surface area contributed by atoms with Crippen molar-refractivity contribution in [3.05, 3.63) is 35.4 Å². The Morgan fingerprint density at radius 3 is 2.88 bits per heavy atom. The van der Waals surface area contributed by atoms with Crippen molar-refractivity contribution in [3.63, 3.8) is 0 Å². The third kappa shape index (κ3) is 3.07. The van der Waals surface area contributed by atoms with Gasteiger partial charge in [-0.3, -0.25) is 4.79 Å². The van der Waals surface area contributed by atoms with E-state index in [1.165, 1.54) is 11.1 Å². The number of nitrogens with zero attached hydrogens (tertiary/aromatic N) is 1. The molecule has 1 aliphatic heterocycles. The fourth-order valence-corrected chi connectivity index (χ4v) is 2.10. The lowest BCUT2D eigenvalue weighted by atomic mass is 10.00. The van der Waals surface area contributed by atoms with Crippen LogP contribution >= 0.6 is 0 Å². The van der Waals surface area contributed by atoms with Gasteiger partial charge in [0, 0.05) is 19.7 Å². The third-order valence-corrected chi connectivity index (χ3v) is 3.06. The summed E-state index contributed by atoms with van der Waals surface area (Å²) < 4.78 is 5.29. The van der Waals surface area contributed by atoms with Crippen molar-refractivity contribution < 1.29 is 9.53 Å². The zero-order valence-corrected chi connectivity index (χ0v) is 10.3. The van der Waals surface area contributed by atoms with Gasteiger partial charge < -0.3 is 9.64 Å². The van der Waals surface area contributed by atoms with E-state index in [1.54, 1.807) is 0 Å². The number of carbonyl (C=O) groups excluding carboxylic acids is 1. The molecule has 1 aromatic carbocycles. The average molecular weight is 233 g/mol. The number of carbonyl (C=O) groups is 1. The Bertz CT molecular complexity index is 390. The standard InChI is InChI=1S/C14H19NO2/c1-2-9-17-11-14(16)15-8-7-12-5-3-4-6-13(12)10-15/h3-6H,2,7-11H2,1H3. The van der Waals surface area contributed by atoms with Gasteiger partial charge in [-0.05, 0) is 24.0 Å². The second kappa shape index (κ2) is 5.82. The summed E-state index contributed by atoms with van der Waals surface area (Å²) in [6.07, 6.45) is 1.91. The summed E-state index contributed by atoms with van der Waals surface area (Å²) in [5.74, 6) is 0.105. The molecule has 0 atom stereocenters. The molecule has 0 saturated heterocycles. The zero-order chi connectivity index (χ0) is 12.1. The molecule has 1 heterocycles. The Hall–Kier alpha value is -1.35. The van der Waals surface area contributed by atoms with Gasteiger partial charge in [0.15, 0.2) is 0 Å². The molecule has 0 bridgehead atoms. The van der Waals surface area contributed by atoms with Crippen LogP contribution in [0.2, 0.25) is 0 Å². The van der Waals surface area contributed by atoms with E-state index in [9.17, 15) is 4.79 Å². The topological polar surface area (TPSA) is 29.5 Å². The second-order valence-electron chi connectivity index (χ2n) is 4.39. The predicted octanol–water partition coefficient (Wildman–Crippen LogP) is 2.00. The van der Waals surface area contributed by atoms with Crippen molar-refractivity contribution in [2.75, 3.05) is 19.8 Å². The molecule has 0 aromatic heterocycles. The molecule has 0 unspecified atom stereocenters. The van der Waals surface area contributed by atoms with Crippen molar-refractivity contribution in [1.82, 2.24) is 4.90 Å². The summed E-state index contributed by atoms with van der Waals surface area (Å²) in [6, 6.07) is 8.33. The van der Waals surface area contributed by atoms with Crippen LogP contribution in [0.5, 0.6) is 0 Å². The number of hydrogen-bond acceptors (Lipinski definition) is 2. The van der Waals surface area contributed by atoms with Crippen LogP contribution in [-0.4, -0.2) is 30.6 Å². The minimum Gasteiger partial charge on any atom is -0.372 e. The lowest BCUT2D eigenvalue weighted by Crippen LogP contribution is -2.38. The highest BCUT2D eigenvalue weighted by Gasteiger charge is 2.19. The molecule has 0 fully saturated rings. The fourth-order valence-electron chi connectivity index (χ4n) is 2.10. The summed E-state index contributed by atoms with van der Waals surface area (Å²) in [5, 5.41) is 0. The summed E-state index contributed by atoms with van der Waals surface area (Å²) in [7, 11) is 0. The van der Waals surface area contributed by atoms with E-state index >= 15 is 0 Å². The van der Waals surface area contributed by atoms with Gasteiger partial charge in [0.05, 0.1) is 0 Å². The van der Waals surface area contributed by atoms with Crippen LogP contribution in [0.1, 0.15) is 24.5 Å². The second-order valence-corrected chi connectivity index (χ2v) is 4.39. The monoisotopic (exact) mass is 233 g/mol. The minimum absolute atomic E-state index is 0.105. The van der Waals surface area contributed by atoms with Crippen LogP contribution in [0.3, 0.4) is 0 Å². The van der Waals surface area contributed by atoms with E-state index in [-0.39, 0.29) is 12.5 Å². The minimum atomic E-state index is 0.105. The Morgan fingerprint density at radius 1 is 1.35 bits per heavy atom. The molecule has 3 heteroatoms. The largest absolute Gasteiger partial charge is 0.372 e. The molecular formula is C14H19NO2. The van der Waals surface area contributed by atoms with E-state index in [2.05, 4.69) is 18.2 Å². The Labute approximate surface area is 102 Å². The van der Waals surface area contributed by atoms with E-state index in [1.807, 2.05) is 17.9 Å². The Kier molecular flexibility index (Phi) is 4.15. The first-order valence-electron chi connectivity index (χ1n) is 6.23. The molecule has 1 aliphatic rings. The smallest absolute Gasteiger partial charge is 0.248 e. The highest BCUT2D eigenvalue weighted by Crippen LogP contribution is 2.18. The van der Waals surface area contributed by atoms with Crippen molar-refractivity contribution in [3.8, 4) is 0 Å². The first-order chi connectivity index (χ1) is 8.31. The van der Waals surface area contributed by atoms with Gasteiger partial charge in [0.25, 0.3) is 0 Å². The van der Waals surface area contributed by atoms with Gasteiger partial charge >= 0.3 is 0 Å². The number of hydrogen-bond donors (Lipinski definition) is 0. The lowest BCUT2D eigenvalue weighted by Gasteiger charge is -2.28. The molecule has 0 saturated carbocycles. The summed E-state index contributed by atoms with van der Waals surface area (Å²) in [5.41, 5.74) is 2.63. The summed E-state index contributed by atoms with van der Waals surface area (Å²) in [4.78, 5) is 13.8. The maximum absolute atomic E-state index is 11.9. The molecule has 17 heavy (non-hydrogen) atoms. The van der Waals surface area contributed by atoms with Crippen molar-refractivity contribution in [2.24, 2.45) is 0 Å². The first kappa shape index (κ1) is 12.1. The number of benzene rings is 1. The summed E-state index contributed by atoms with van der Waals surface area (Å²) in [6.45, 7) is 4.46. The van der Waals surface area contributed by atoms with Crippen LogP contribution < -0.4 is 0 Å². The normalized spacial score (nSPS) is 14.5. The molecule has 0 radical (unpaired) electrons. The van der Waals surface area contributed by atoms with Crippen molar-refractivity contribution in [2.45, 2.75) is 26.3 Å². The number of fused-ring (bicyclic) bond motifs is 1. The van der Waals surface area contributed by atoms with Crippen LogP contribution in [0, 0.1) is 0 Å². The van der Waals surface area contributed by atoms with Gasteiger partial charge in [-0.1, -0.05) is 31.2 Å². The predicted molar refractivity (Wildman–Crippen MR) is 66.7 cm³/mol. The molecule has 0 spiro atoms. The number of amides is 1. The highest BCUT2D eigenvalue weighted by molar-refractivity contribution is 5.77. The number of rotatable bonds is 4. The third-order valence-electron chi connectivity index (χ3n) is 3.06. The Morgan fingerprint density at radius 2 is 2.12 bits per heavy atom. The molecule has 2 rings (SSSR count). The molecule has 0 aliphatic carbocycles. The molecular weight excluding hydrogens is 214 g/mol. The zero-order valence-electron chi connectivity index (χ0n) is 10.3. The first-order valence-corrected chi connectivity index (χ1v) is 6.23. The highest BCUT2D eigenvalue weighted by atomic mass is 16.5. The lowest BCUT2D eigenvalue weighted by molar-refractivity contribution is -0.137. The Balaban J connectivity index is 1.91. The molecule has 3 nitrogen and oxygen atoms in total.